The average molecular weight is 313 g/mol. The van der Waals surface area contributed by atoms with Crippen molar-refractivity contribution in [3.8, 4) is 0 Å². The first kappa shape index (κ1) is 15.0. The summed E-state index contributed by atoms with van der Waals surface area (Å²) in [4.78, 5) is 17.3. The van der Waals surface area contributed by atoms with Crippen LogP contribution in [0.5, 0.6) is 0 Å². The summed E-state index contributed by atoms with van der Waals surface area (Å²) in [5, 5.41) is 3.39. The van der Waals surface area contributed by atoms with Gasteiger partial charge in [0.15, 0.2) is 0 Å². The molecular formula is C19H27N3O. The van der Waals surface area contributed by atoms with E-state index in [0.717, 1.165) is 50.7 Å². The Morgan fingerprint density at radius 2 is 1.91 bits per heavy atom. The molecule has 1 atom stereocenters. The minimum Gasteiger partial charge on any atom is -0.368 e. The number of anilines is 2. The van der Waals surface area contributed by atoms with Crippen LogP contribution >= 0.6 is 0 Å². The van der Waals surface area contributed by atoms with E-state index in [0.29, 0.717) is 18.2 Å². The van der Waals surface area contributed by atoms with Crippen LogP contribution in [0.4, 0.5) is 11.4 Å². The highest BCUT2D eigenvalue weighted by Gasteiger charge is 2.30. The molecule has 0 spiro atoms. The number of hydrogen-bond donors (Lipinski definition) is 1. The molecule has 1 aliphatic carbocycles. The molecule has 1 aromatic carbocycles. The lowest BCUT2D eigenvalue weighted by molar-refractivity contribution is -0.118. The summed E-state index contributed by atoms with van der Waals surface area (Å²) < 4.78 is 0. The molecule has 1 amide bonds. The van der Waals surface area contributed by atoms with Gasteiger partial charge in [-0.3, -0.25) is 4.79 Å². The van der Waals surface area contributed by atoms with Gasteiger partial charge in [-0.25, -0.2) is 0 Å². The van der Waals surface area contributed by atoms with E-state index < -0.39 is 0 Å². The molecule has 2 fully saturated rings. The standard InChI is InChI=1S/C19H27N3O/c23-19(8-7-15-9-10-20-13-15)22-12-11-21(14-16-5-6-16)17-3-1-2-4-18(17)22/h1-4,15-16,20H,5-14H2. The monoisotopic (exact) mass is 313 g/mol. The number of amides is 1. The fourth-order valence-corrected chi connectivity index (χ4v) is 3.91. The first-order valence-electron chi connectivity index (χ1n) is 9.16. The summed E-state index contributed by atoms with van der Waals surface area (Å²) in [6.45, 7) is 5.17. The minimum absolute atomic E-state index is 0.301. The Balaban J connectivity index is 1.44. The maximum absolute atomic E-state index is 12.7. The number of para-hydroxylation sites is 2. The highest BCUT2D eigenvalue weighted by Crippen LogP contribution is 2.37. The summed E-state index contributed by atoms with van der Waals surface area (Å²) in [5.74, 6) is 1.86. The van der Waals surface area contributed by atoms with Crippen LogP contribution in [0, 0.1) is 11.8 Å². The SMILES string of the molecule is O=C(CCC1CCNC1)N1CCN(CC2CC2)c2ccccc21. The summed E-state index contributed by atoms with van der Waals surface area (Å²) in [6, 6.07) is 8.44. The fourth-order valence-electron chi connectivity index (χ4n) is 3.91. The summed E-state index contributed by atoms with van der Waals surface area (Å²) >= 11 is 0. The molecule has 1 N–H and O–H groups in total. The number of rotatable bonds is 5. The molecule has 2 aliphatic heterocycles. The number of carbonyl (C=O) groups is 1. The first-order chi connectivity index (χ1) is 11.3. The van der Waals surface area contributed by atoms with Crippen molar-refractivity contribution in [1.82, 2.24) is 5.32 Å². The molecule has 0 bridgehead atoms. The zero-order chi connectivity index (χ0) is 15.6. The van der Waals surface area contributed by atoms with Gasteiger partial charge in [-0.1, -0.05) is 12.1 Å². The zero-order valence-electron chi connectivity index (χ0n) is 13.8. The summed E-state index contributed by atoms with van der Waals surface area (Å²) in [5.41, 5.74) is 2.37. The van der Waals surface area contributed by atoms with E-state index in [2.05, 4.69) is 34.5 Å². The van der Waals surface area contributed by atoms with Crippen molar-refractivity contribution in [3.63, 3.8) is 0 Å². The molecule has 1 unspecified atom stereocenters. The second kappa shape index (κ2) is 6.52. The molecule has 1 aromatic rings. The van der Waals surface area contributed by atoms with Gasteiger partial charge in [0.25, 0.3) is 0 Å². The quantitative estimate of drug-likeness (QED) is 0.908. The van der Waals surface area contributed by atoms with Gasteiger partial charge in [0.2, 0.25) is 5.91 Å². The maximum Gasteiger partial charge on any atom is 0.227 e. The molecule has 3 aliphatic rings. The highest BCUT2D eigenvalue weighted by molar-refractivity contribution is 5.97. The molecule has 0 aromatic heterocycles. The van der Waals surface area contributed by atoms with Crippen LogP contribution in [0.3, 0.4) is 0 Å². The van der Waals surface area contributed by atoms with E-state index in [1.165, 1.54) is 24.9 Å². The third kappa shape index (κ3) is 3.37. The number of fused-ring (bicyclic) bond motifs is 1. The molecule has 4 nitrogen and oxygen atoms in total. The predicted octanol–water partition coefficient (Wildman–Crippen LogP) is 2.64. The van der Waals surface area contributed by atoms with Crippen molar-refractivity contribution >= 4 is 17.3 Å². The van der Waals surface area contributed by atoms with Crippen LogP contribution in [0.2, 0.25) is 0 Å². The molecule has 124 valence electrons. The lowest BCUT2D eigenvalue weighted by Crippen LogP contribution is -2.44. The number of nitrogens with zero attached hydrogens (tertiary/aromatic N) is 2. The number of carbonyl (C=O) groups excluding carboxylic acids is 1. The van der Waals surface area contributed by atoms with Crippen molar-refractivity contribution in [2.75, 3.05) is 42.5 Å². The number of nitrogens with one attached hydrogen (secondary N) is 1. The van der Waals surface area contributed by atoms with E-state index in [1.54, 1.807) is 0 Å². The molecule has 0 radical (unpaired) electrons. The largest absolute Gasteiger partial charge is 0.368 e. The van der Waals surface area contributed by atoms with Crippen LogP contribution in [0.25, 0.3) is 0 Å². The fraction of sp³-hybridized carbons (Fsp3) is 0.632. The Morgan fingerprint density at radius 1 is 1.09 bits per heavy atom. The Kier molecular flexibility index (Phi) is 4.25. The Morgan fingerprint density at radius 3 is 2.65 bits per heavy atom. The van der Waals surface area contributed by atoms with Crippen LogP contribution in [0.15, 0.2) is 24.3 Å². The van der Waals surface area contributed by atoms with Crippen LogP contribution in [0.1, 0.15) is 32.1 Å². The van der Waals surface area contributed by atoms with Crippen molar-refractivity contribution in [1.29, 1.82) is 0 Å². The molecule has 2 heterocycles. The second-order valence-corrected chi connectivity index (χ2v) is 7.32. The molecular weight excluding hydrogens is 286 g/mol. The van der Waals surface area contributed by atoms with E-state index in [1.807, 2.05) is 4.90 Å². The van der Waals surface area contributed by atoms with Crippen LogP contribution in [-0.4, -0.2) is 38.6 Å². The first-order valence-corrected chi connectivity index (χ1v) is 9.16. The van der Waals surface area contributed by atoms with Gasteiger partial charge in [-0.05, 0) is 62.7 Å². The highest BCUT2D eigenvalue weighted by atomic mass is 16.2. The van der Waals surface area contributed by atoms with Gasteiger partial charge in [-0.2, -0.15) is 0 Å². The van der Waals surface area contributed by atoms with E-state index in [9.17, 15) is 4.79 Å². The smallest absolute Gasteiger partial charge is 0.227 e. The normalized spacial score (nSPS) is 23.9. The number of hydrogen-bond acceptors (Lipinski definition) is 3. The van der Waals surface area contributed by atoms with Gasteiger partial charge < -0.3 is 15.1 Å². The lowest BCUT2D eigenvalue weighted by Gasteiger charge is -2.38. The third-order valence-corrected chi connectivity index (χ3v) is 5.51. The van der Waals surface area contributed by atoms with E-state index in [-0.39, 0.29) is 0 Å². The maximum atomic E-state index is 12.7. The third-order valence-electron chi connectivity index (χ3n) is 5.51. The Bertz CT molecular complexity index is 563. The molecule has 4 heteroatoms. The van der Waals surface area contributed by atoms with Gasteiger partial charge >= 0.3 is 0 Å². The zero-order valence-corrected chi connectivity index (χ0v) is 13.8. The van der Waals surface area contributed by atoms with Crippen molar-refractivity contribution < 1.29 is 4.79 Å². The number of benzene rings is 1. The Labute approximate surface area is 138 Å². The molecule has 1 saturated heterocycles. The van der Waals surface area contributed by atoms with Crippen LogP contribution in [-0.2, 0) is 4.79 Å². The van der Waals surface area contributed by atoms with Gasteiger partial charge in [0.1, 0.15) is 0 Å². The Hall–Kier alpha value is -1.55. The second-order valence-electron chi connectivity index (χ2n) is 7.32. The van der Waals surface area contributed by atoms with Gasteiger partial charge in [-0.15, -0.1) is 0 Å². The average Bonchev–Trinajstić information content (AvgIpc) is 3.24. The van der Waals surface area contributed by atoms with E-state index >= 15 is 0 Å². The summed E-state index contributed by atoms with van der Waals surface area (Å²) in [6.07, 6.45) is 5.67. The predicted molar refractivity (Wildman–Crippen MR) is 93.9 cm³/mol. The minimum atomic E-state index is 0.301. The van der Waals surface area contributed by atoms with Gasteiger partial charge in [0, 0.05) is 26.1 Å². The molecule has 23 heavy (non-hydrogen) atoms. The lowest BCUT2D eigenvalue weighted by atomic mass is 10.0. The van der Waals surface area contributed by atoms with Crippen LogP contribution < -0.4 is 15.1 Å². The molecule has 4 rings (SSSR count). The van der Waals surface area contributed by atoms with Gasteiger partial charge in [0.05, 0.1) is 11.4 Å². The summed E-state index contributed by atoms with van der Waals surface area (Å²) in [7, 11) is 0. The van der Waals surface area contributed by atoms with E-state index in [4.69, 9.17) is 0 Å². The van der Waals surface area contributed by atoms with Crippen molar-refractivity contribution in [3.05, 3.63) is 24.3 Å². The van der Waals surface area contributed by atoms with Crippen molar-refractivity contribution in [2.24, 2.45) is 11.8 Å². The topological polar surface area (TPSA) is 35.6 Å². The van der Waals surface area contributed by atoms with Crippen molar-refractivity contribution in [2.45, 2.75) is 32.1 Å². The molecule has 1 saturated carbocycles.